The quantitative estimate of drug-likeness (QED) is 0.566. The molecule has 0 bridgehead atoms. The number of rotatable bonds is 5. The molecule has 0 atom stereocenters. The van der Waals surface area contributed by atoms with Crippen molar-refractivity contribution in [3.63, 3.8) is 0 Å². The number of fused-ring (bicyclic) bond motifs is 1. The highest BCUT2D eigenvalue weighted by atomic mass is 16.6. The Balaban J connectivity index is 1.99. The van der Waals surface area contributed by atoms with Gasteiger partial charge in [0.05, 0.1) is 22.8 Å². The lowest BCUT2D eigenvalue weighted by atomic mass is 10.1. The van der Waals surface area contributed by atoms with Gasteiger partial charge in [-0.05, 0) is 37.3 Å². The first-order valence-corrected chi connectivity index (χ1v) is 7.69. The van der Waals surface area contributed by atoms with Gasteiger partial charge in [-0.2, -0.15) is 0 Å². The van der Waals surface area contributed by atoms with E-state index in [-0.39, 0.29) is 11.8 Å². The number of carbonyl (C=O) groups excluding carboxylic acids is 1. The minimum Gasteiger partial charge on any atom is -0.401 e. The Morgan fingerprint density at radius 1 is 1.28 bits per heavy atom. The van der Waals surface area contributed by atoms with Crippen LogP contribution in [0.15, 0.2) is 46.9 Å². The lowest BCUT2D eigenvalue weighted by Gasteiger charge is -2.07. The third-order valence-corrected chi connectivity index (χ3v) is 3.53. The number of nitrogens with one attached hydrogen (secondary N) is 1. The van der Waals surface area contributed by atoms with Crippen LogP contribution in [-0.4, -0.2) is 22.4 Å². The molecule has 3 aromatic rings. The van der Waals surface area contributed by atoms with E-state index < -0.39 is 4.92 Å². The van der Waals surface area contributed by atoms with Gasteiger partial charge in [-0.25, -0.2) is 4.98 Å². The number of carbonyl (C=O) groups is 1. The van der Waals surface area contributed by atoms with Crippen LogP contribution in [0.2, 0.25) is 0 Å². The van der Waals surface area contributed by atoms with Crippen LogP contribution in [-0.2, 0) is 0 Å². The van der Waals surface area contributed by atoms with E-state index in [4.69, 9.17) is 4.42 Å². The second-order valence-corrected chi connectivity index (χ2v) is 5.24. The molecule has 7 heteroatoms. The number of nitrogens with zero attached hydrogens (tertiary/aromatic N) is 2. The number of hydrogen-bond acceptors (Lipinski definition) is 5. The standard InChI is InChI=1S/C18H15N3O4/c1-2-19-18(22)15-11-12(20-16-6-4-3-5-14(15)16)7-8-13-9-10-17(25-13)21(23)24/h3-11H,2H2,1H3,(H,19,22). The topological polar surface area (TPSA) is 98.3 Å². The van der Waals surface area contributed by atoms with Crippen molar-refractivity contribution in [3.05, 3.63) is 69.6 Å². The SMILES string of the molecule is CCNC(=O)c1cc(C=Cc2ccc([N+](=O)[O-])o2)nc2ccccc12. The van der Waals surface area contributed by atoms with E-state index in [1.54, 1.807) is 18.2 Å². The Morgan fingerprint density at radius 3 is 2.80 bits per heavy atom. The van der Waals surface area contributed by atoms with Gasteiger partial charge >= 0.3 is 5.88 Å². The maximum Gasteiger partial charge on any atom is 0.433 e. The normalized spacial score (nSPS) is 11.1. The molecule has 1 N–H and O–H groups in total. The lowest BCUT2D eigenvalue weighted by Crippen LogP contribution is -2.23. The molecule has 0 radical (unpaired) electrons. The third-order valence-electron chi connectivity index (χ3n) is 3.53. The first-order chi connectivity index (χ1) is 12.1. The van der Waals surface area contributed by atoms with Crippen molar-refractivity contribution in [2.24, 2.45) is 0 Å². The molecule has 1 amide bonds. The number of para-hydroxylation sites is 1. The molecule has 0 fully saturated rings. The Bertz CT molecular complexity index is 975. The van der Waals surface area contributed by atoms with E-state index in [0.717, 1.165) is 5.39 Å². The predicted molar refractivity (Wildman–Crippen MR) is 94.0 cm³/mol. The average Bonchev–Trinajstić information content (AvgIpc) is 3.09. The maximum absolute atomic E-state index is 12.3. The zero-order chi connectivity index (χ0) is 17.8. The first kappa shape index (κ1) is 16.4. The maximum atomic E-state index is 12.3. The summed E-state index contributed by atoms with van der Waals surface area (Å²) in [6, 6.07) is 11.8. The summed E-state index contributed by atoms with van der Waals surface area (Å²) in [6.07, 6.45) is 3.23. The van der Waals surface area contributed by atoms with Crippen LogP contribution in [0, 0.1) is 10.1 Å². The van der Waals surface area contributed by atoms with Gasteiger partial charge in [0, 0.05) is 11.9 Å². The molecule has 126 valence electrons. The number of amides is 1. The van der Waals surface area contributed by atoms with Gasteiger partial charge in [-0.1, -0.05) is 18.2 Å². The van der Waals surface area contributed by atoms with Crippen LogP contribution in [0.5, 0.6) is 0 Å². The van der Waals surface area contributed by atoms with Gasteiger partial charge in [0.2, 0.25) is 0 Å². The zero-order valence-corrected chi connectivity index (χ0v) is 13.4. The van der Waals surface area contributed by atoms with Crippen molar-refractivity contribution in [1.29, 1.82) is 0 Å². The summed E-state index contributed by atoms with van der Waals surface area (Å²) in [5, 5.41) is 14.2. The summed E-state index contributed by atoms with van der Waals surface area (Å²) < 4.78 is 5.08. The van der Waals surface area contributed by atoms with Gasteiger partial charge in [0.25, 0.3) is 5.91 Å². The van der Waals surface area contributed by atoms with Crippen LogP contribution in [0.3, 0.4) is 0 Å². The van der Waals surface area contributed by atoms with E-state index in [0.29, 0.717) is 29.1 Å². The average molecular weight is 337 g/mol. The Hall–Kier alpha value is -3.48. The van der Waals surface area contributed by atoms with Crippen LogP contribution in [0.4, 0.5) is 5.88 Å². The van der Waals surface area contributed by atoms with E-state index in [2.05, 4.69) is 10.3 Å². The molecule has 0 spiro atoms. The molecule has 2 heterocycles. The molecule has 1 aromatic carbocycles. The fourth-order valence-electron chi connectivity index (χ4n) is 2.42. The van der Waals surface area contributed by atoms with E-state index in [1.807, 2.05) is 31.2 Å². The molecule has 0 aliphatic heterocycles. The number of pyridine rings is 1. The summed E-state index contributed by atoms with van der Waals surface area (Å²) in [5.74, 6) is -0.167. The van der Waals surface area contributed by atoms with Gasteiger partial charge in [-0.15, -0.1) is 0 Å². The lowest BCUT2D eigenvalue weighted by molar-refractivity contribution is -0.402. The van der Waals surface area contributed by atoms with Gasteiger partial charge < -0.3 is 9.73 Å². The van der Waals surface area contributed by atoms with Crippen molar-refractivity contribution < 1.29 is 14.1 Å². The second-order valence-electron chi connectivity index (χ2n) is 5.24. The van der Waals surface area contributed by atoms with Crippen molar-refractivity contribution in [3.8, 4) is 0 Å². The Morgan fingerprint density at radius 2 is 2.08 bits per heavy atom. The predicted octanol–water partition coefficient (Wildman–Crippen LogP) is 3.66. The second kappa shape index (κ2) is 6.96. The summed E-state index contributed by atoms with van der Waals surface area (Å²) in [6.45, 7) is 2.38. The first-order valence-electron chi connectivity index (χ1n) is 7.69. The number of nitro groups is 1. The zero-order valence-electron chi connectivity index (χ0n) is 13.4. The Labute approximate surface area is 143 Å². The molecule has 3 rings (SSSR count). The summed E-state index contributed by atoms with van der Waals surface area (Å²) in [7, 11) is 0. The molecule has 25 heavy (non-hydrogen) atoms. The third kappa shape index (κ3) is 3.55. The molecule has 0 aliphatic carbocycles. The van der Waals surface area contributed by atoms with E-state index in [1.165, 1.54) is 12.1 Å². The Kier molecular flexibility index (Phi) is 4.56. The molecule has 0 saturated carbocycles. The number of furan rings is 1. The van der Waals surface area contributed by atoms with Crippen molar-refractivity contribution in [1.82, 2.24) is 10.3 Å². The summed E-state index contributed by atoms with van der Waals surface area (Å²) >= 11 is 0. The molecular formula is C18H15N3O4. The number of benzene rings is 1. The van der Waals surface area contributed by atoms with Gasteiger partial charge in [0.1, 0.15) is 10.7 Å². The molecule has 7 nitrogen and oxygen atoms in total. The monoisotopic (exact) mass is 337 g/mol. The molecule has 0 aliphatic rings. The smallest absolute Gasteiger partial charge is 0.401 e. The van der Waals surface area contributed by atoms with E-state index in [9.17, 15) is 14.9 Å². The van der Waals surface area contributed by atoms with Gasteiger partial charge in [-0.3, -0.25) is 14.9 Å². The van der Waals surface area contributed by atoms with Crippen LogP contribution >= 0.6 is 0 Å². The molecule has 0 unspecified atom stereocenters. The highest BCUT2D eigenvalue weighted by Gasteiger charge is 2.12. The summed E-state index contributed by atoms with van der Waals surface area (Å²) in [5.41, 5.74) is 1.77. The number of aromatic nitrogens is 1. The minimum absolute atomic E-state index is 0.176. The molecular weight excluding hydrogens is 322 g/mol. The molecule has 2 aromatic heterocycles. The minimum atomic E-state index is -0.598. The fourth-order valence-corrected chi connectivity index (χ4v) is 2.42. The van der Waals surface area contributed by atoms with Gasteiger partial charge in [0.15, 0.2) is 0 Å². The van der Waals surface area contributed by atoms with E-state index >= 15 is 0 Å². The van der Waals surface area contributed by atoms with Crippen LogP contribution in [0.25, 0.3) is 23.1 Å². The highest BCUT2D eigenvalue weighted by molar-refractivity contribution is 6.06. The summed E-state index contributed by atoms with van der Waals surface area (Å²) in [4.78, 5) is 26.8. The number of hydrogen-bond donors (Lipinski definition) is 1. The van der Waals surface area contributed by atoms with Crippen LogP contribution < -0.4 is 5.32 Å². The van der Waals surface area contributed by atoms with Crippen molar-refractivity contribution in [2.45, 2.75) is 6.92 Å². The fraction of sp³-hybridized carbons (Fsp3) is 0.111. The van der Waals surface area contributed by atoms with Crippen molar-refractivity contribution in [2.75, 3.05) is 6.54 Å². The highest BCUT2D eigenvalue weighted by Crippen LogP contribution is 2.21. The largest absolute Gasteiger partial charge is 0.433 e. The molecule has 0 saturated heterocycles. The van der Waals surface area contributed by atoms with Crippen LogP contribution in [0.1, 0.15) is 28.7 Å². The van der Waals surface area contributed by atoms with Crippen molar-refractivity contribution >= 4 is 34.8 Å².